The Balaban J connectivity index is 2.67. The molecule has 6 heteroatoms. The largest absolute Gasteiger partial charge is 0.507 e. The second-order valence-corrected chi connectivity index (χ2v) is 5.95. The van der Waals surface area contributed by atoms with Crippen LogP contribution in [0.25, 0.3) is 0 Å². The number of allylic oxidation sites excluding steroid dienone is 3. The SMILES string of the molecule is COc1c([C@@H](CC=C(C)C)OC(C)=O)cc(O)c2c1C(=O)C=CC2=O. The van der Waals surface area contributed by atoms with Crippen LogP contribution < -0.4 is 4.74 Å². The molecule has 2 rings (SSSR count). The number of aromatic hydroxyl groups is 1. The molecule has 1 aliphatic carbocycles. The van der Waals surface area contributed by atoms with Crippen LogP contribution in [0.5, 0.6) is 11.5 Å². The first-order chi connectivity index (χ1) is 11.8. The lowest BCUT2D eigenvalue weighted by molar-refractivity contribution is -0.146. The van der Waals surface area contributed by atoms with E-state index in [0.717, 1.165) is 17.7 Å². The van der Waals surface area contributed by atoms with Gasteiger partial charge in [-0.1, -0.05) is 11.6 Å². The van der Waals surface area contributed by atoms with Gasteiger partial charge in [-0.25, -0.2) is 0 Å². The minimum atomic E-state index is -0.757. The molecule has 1 aromatic carbocycles. The number of benzene rings is 1. The van der Waals surface area contributed by atoms with Crippen LogP contribution in [0.3, 0.4) is 0 Å². The van der Waals surface area contributed by atoms with Crippen molar-refractivity contribution in [3.8, 4) is 11.5 Å². The van der Waals surface area contributed by atoms with Crippen LogP contribution >= 0.6 is 0 Å². The molecule has 0 unspecified atom stereocenters. The summed E-state index contributed by atoms with van der Waals surface area (Å²) < 4.78 is 10.7. The quantitative estimate of drug-likeness (QED) is 0.651. The lowest BCUT2D eigenvalue weighted by Gasteiger charge is -2.23. The normalized spacial score (nSPS) is 13.9. The van der Waals surface area contributed by atoms with Gasteiger partial charge in [-0.15, -0.1) is 0 Å². The fraction of sp³-hybridized carbons (Fsp3) is 0.316. The predicted molar refractivity (Wildman–Crippen MR) is 91.0 cm³/mol. The topological polar surface area (TPSA) is 89.9 Å². The Bertz CT molecular complexity index is 797. The maximum atomic E-state index is 12.3. The number of phenolic OH excluding ortho intramolecular Hbond substituents is 1. The number of esters is 1. The van der Waals surface area contributed by atoms with Crippen molar-refractivity contribution in [1.29, 1.82) is 0 Å². The average molecular weight is 344 g/mol. The molecule has 1 N–H and O–H groups in total. The van der Waals surface area contributed by atoms with Crippen molar-refractivity contribution in [3.05, 3.63) is 46.6 Å². The molecule has 0 spiro atoms. The first kappa shape index (κ1) is 18.4. The lowest BCUT2D eigenvalue weighted by atomic mass is 9.88. The summed E-state index contributed by atoms with van der Waals surface area (Å²) in [7, 11) is 1.36. The van der Waals surface area contributed by atoms with E-state index in [2.05, 4.69) is 0 Å². The zero-order chi connectivity index (χ0) is 18.7. The number of carbonyl (C=O) groups is 3. The third-order valence-corrected chi connectivity index (χ3v) is 3.77. The van der Waals surface area contributed by atoms with E-state index in [1.54, 1.807) is 0 Å². The summed E-state index contributed by atoms with van der Waals surface area (Å²) in [5.41, 5.74) is 1.24. The highest BCUT2D eigenvalue weighted by molar-refractivity contribution is 6.24. The van der Waals surface area contributed by atoms with E-state index in [1.165, 1.54) is 20.1 Å². The smallest absolute Gasteiger partial charge is 0.303 e. The standard InChI is InChI=1S/C19H20O6/c1-10(2)5-8-16(25-11(3)20)12-9-15(23)17-13(21)6-7-14(22)18(17)19(12)24-4/h5-7,9,16,23H,8H2,1-4H3/t16-/m1/s1. The monoisotopic (exact) mass is 344 g/mol. The summed E-state index contributed by atoms with van der Waals surface area (Å²) in [6.07, 6.45) is 3.70. The maximum absolute atomic E-state index is 12.3. The molecule has 1 aliphatic rings. The number of phenols is 1. The van der Waals surface area contributed by atoms with Crippen molar-refractivity contribution >= 4 is 17.5 Å². The molecule has 0 saturated carbocycles. The van der Waals surface area contributed by atoms with Gasteiger partial charge in [-0.2, -0.15) is 0 Å². The number of ether oxygens (including phenoxy) is 2. The molecule has 0 heterocycles. The van der Waals surface area contributed by atoms with Gasteiger partial charge in [0.2, 0.25) is 0 Å². The predicted octanol–water partition coefficient (Wildman–Crippen LogP) is 3.30. The number of fused-ring (bicyclic) bond motifs is 1. The fourth-order valence-electron chi connectivity index (χ4n) is 2.71. The van der Waals surface area contributed by atoms with Crippen LogP contribution in [0.2, 0.25) is 0 Å². The zero-order valence-corrected chi connectivity index (χ0v) is 14.6. The van der Waals surface area contributed by atoms with Gasteiger partial charge in [0.05, 0.1) is 18.2 Å². The van der Waals surface area contributed by atoms with Gasteiger partial charge in [0.15, 0.2) is 11.6 Å². The lowest BCUT2D eigenvalue weighted by Crippen LogP contribution is -2.17. The molecule has 0 saturated heterocycles. The van der Waals surface area contributed by atoms with Gasteiger partial charge in [0.1, 0.15) is 17.6 Å². The van der Waals surface area contributed by atoms with Crippen molar-refractivity contribution in [2.75, 3.05) is 7.11 Å². The summed E-state index contributed by atoms with van der Waals surface area (Å²) in [6, 6.07) is 1.31. The van der Waals surface area contributed by atoms with Gasteiger partial charge in [-0.3, -0.25) is 14.4 Å². The number of carbonyl (C=O) groups excluding carboxylic acids is 3. The molecule has 0 radical (unpaired) electrons. The van der Waals surface area contributed by atoms with E-state index in [9.17, 15) is 19.5 Å². The zero-order valence-electron chi connectivity index (χ0n) is 14.6. The highest BCUT2D eigenvalue weighted by atomic mass is 16.5. The van der Waals surface area contributed by atoms with Crippen LogP contribution in [0.1, 0.15) is 59.6 Å². The summed E-state index contributed by atoms with van der Waals surface area (Å²) in [5, 5.41) is 10.3. The Morgan fingerprint density at radius 3 is 2.28 bits per heavy atom. The van der Waals surface area contributed by atoms with E-state index in [0.29, 0.717) is 12.0 Å². The number of hydrogen-bond donors (Lipinski definition) is 1. The molecule has 0 aromatic heterocycles. The summed E-state index contributed by atoms with van der Waals surface area (Å²) in [6.45, 7) is 5.08. The number of ketones is 2. The Morgan fingerprint density at radius 2 is 1.76 bits per heavy atom. The highest BCUT2D eigenvalue weighted by Crippen LogP contribution is 2.41. The minimum Gasteiger partial charge on any atom is -0.507 e. The molecule has 1 aromatic rings. The molecule has 6 nitrogen and oxygen atoms in total. The van der Waals surface area contributed by atoms with Crippen molar-refractivity contribution in [1.82, 2.24) is 0 Å². The summed E-state index contributed by atoms with van der Waals surface area (Å²) in [5.74, 6) is -1.65. The van der Waals surface area contributed by atoms with E-state index in [-0.39, 0.29) is 22.6 Å². The Kier molecular flexibility index (Phi) is 5.41. The molecule has 25 heavy (non-hydrogen) atoms. The first-order valence-corrected chi connectivity index (χ1v) is 7.77. The van der Waals surface area contributed by atoms with E-state index in [1.807, 2.05) is 19.9 Å². The Labute approximate surface area is 145 Å². The van der Waals surface area contributed by atoms with Crippen LogP contribution in [0, 0.1) is 0 Å². The summed E-state index contributed by atoms with van der Waals surface area (Å²) >= 11 is 0. The van der Waals surface area contributed by atoms with Gasteiger partial charge in [0, 0.05) is 18.9 Å². The van der Waals surface area contributed by atoms with Crippen molar-refractivity contribution in [3.63, 3.8) is 0 Å². The van der Waals surface area contributed by atoms with Crippen molar-refractivity contribution in [2.45, 2.75) is 33.3 Å². The number of hydrogen-bond acceptors (Lipinski definition) is 6. The third kappa shape index (κ3) is 3.79. The highest BCUT2D eigenvalue weighted by Gasteiger charge is 2.32. The van der Waals surface area contributed by atoms with Crippen LogP contribution in [-0.2, 0) is 9.53 Å². The molecule has 0 fully saturated rings. The van der Waals surface area contributed by atoms with Crippen molar-refractivity contribution in [2.24, 2.45) is 0 Å². The molecule has 1 atom stereocenters. The fourth-order valence-corrected chi connectivity index (χ4v) is 2.71. The minimum absolute atomic E-state index is 0.0145. The average Bonchev–Trinajstić information content (AvgIpc) is 2.53. The molecule has 0 bridgehead atoms. The van der Waals surface area contributed by atoms with Crippen LogP contribution in [-0.4, -0.2) is 29.8 Å². The number of methoxy groups -OCH3 is 1. The second-order valence-electron chi connectivity index (χ2n) is 5.95. The van der Waals surface area contributed by atoms with Crippen LogP contribution in [0.4, 0.5) is 0 Å². The van der Waals surface area contributed by atoms with Crippen LogP contribution in [0.15, 0.2) is 29.9 Å². The molecule has 132 valence electrons. The molecule has 0 amide bonds. The van der Waals surface area contributed by atoms with Gasteiger partial charge >= 0.3 is 5.97 Å². The second kappa shape index (κ2) is 7.34. The Morgan fingerprint density at radius 1 is 1.16 bits per heavy atom. The third-order valence-electron chi connectivity index (χ3n) is 3.77. The van der Waals surface area contributed by atoms with Gasteiger partial charge in [-0.05, 0) is 32.1 Å². The summed E-state index contributed by atoms with van der Waals surface area (Å²) in [4.78, 5) is 35.8. The Hall–Kier alpha value is -2.89. The molecule has 0 aliphatic heterocycles. The van der Waals surface area contributed by atoms with E-state index >= 15 is 0 Å². The van der Waals surface area contributed by atoms with E-state index < -0.39 is 23.6 Å². The molecular formula is C19H20O6. The number of rotatable bonds is 5. The van der Waals surface area contributed by atoms with Crippen molar-refractivity contribution < 1.29 is 29.0 Å². The van der Waals surface area contributed by atoms with E-state index in [4.69, 9.17) is 9.47 Å². The van der Waals surface area contributed by atoms with Gasteiger partial charge in [0.25, 0.3) is 0 Å². The first-order valence-electron chi connectivity index (χ1n) is 7.77. The van der Waals surface area contributed by atoms with Gasteiger partial charge < -0.3 is 14.6 Å². The molecular weight excluding hydrogens is 324 g/mol. The maximum Gasteiger partial charge on any atom is 0.303 e.